The van der Waals surface area contributed by atoms with Crippen molar-refractivity contribution in [2.45, 2.75) is 25.3 Å². The van der Waals surface area contributed by atoms with Crippen LogP contribution in [-0.4, -0.2) is 36.1 Å². The normalized spacial score (nSPS) is 20.8. The molecular formula is C12H16ClFN2O. The lowest BCUT2D eigenvalue weighted by Crippen LogP contribution is -2.26. The highest BCUT2D eigenvalue weighted by atomic mass is 35.5. The van der Waals surface area contributed by atoms with E-state index >= 15 is 0 Å². The lowest BCUT2D eigenvalue weighted by atomic mass is 10.1. The Bertz CT molecular complexity index is 389. The van der Waals surface area contributed by atoms with E-state index in [1.807, 2.05) is 0 Å². The standard InChI is InChI=1S/C12H16ClFN2O/c1-16-5-2-3-10(16)4-6-17-12-11(14)7-9(13)8-15-12/h7-8,10H,2-6H2,1H3. The molecule has 0 aliphatic carbocycles. The summed E-state index contributed by atoms with van der Waals surface area (Å²) in [6.07, 6.45) is 4.72. The van der Waals surface area contributed by atoms with Gasteiger partial charge >= 0.3 is 0 Å². The molecule has 1 aliphatic heterocycles. The SMILES string of the molecule is CN1CCCC1CCOc1ncc(Cl)cc1F. The topological polar surface area (TPSA) is 25.4 Å². The van der Waals surface area contributed by atoms with E-state index in [4.69, 9.17) is 16.3 Å². The highest BCUT2D eigenvalue weighted by Crippen LogP contribution is 2.20. The van der Waals surface area contributed by atoms with Crippen LogP contribution < -0.4 is 4.74 Å². The molecule has 5 heteroatoms. The second kappa shape index (κ2) is 5.65. The van der Waals surface area contributed by atoms with E-state index in [1.54, 1.807) is 0 Å². The summed E-state index contributed by atoms with van der Waals surface area (Å²) in [7, 11) is 2.11. The Kier molecular flexibility index (Phi) is 4.18. The third kappa shape index (κ3) is 3.30. The number of likely N-dealkylation sites (tertiary alicyclic amines) is 1. The van der Waals surface area contributed by atoms with Gasteiger partial charge in [-0.25, -0.2) is 9.37 Å². The van der Waals surface area contributed by atoms with Gasteiger partial charge < -0.3 is 9.64 Å². The third-order valence-corrected chi connectivity index (χ3v) is 3.34. The number of ether oxygens (including phenoxy) is 1. The Morgan fingerprint density at radius 2 is 2.47 bits per heavy atom. The summed E-state index contributed by atoms with van der Waals surface area (Å²) in [4.78, 5) is 6.13. The Morgan fingerprint density at radius 1 is 1.65 bits per heavy atom. The predicted molar refractivity (Wildman–Crippen MR) is 65.0 cm³/mol. The van der Waals surface area contributed by atoms with Crippen molar-refractivity contribution in [3.8, 4) is 5.88 Å². The molecule has 1 unspecified atom stereocenters. The van der Waals surface area contributed by atoms with Gasteiger partial charge in [-0.1, -0.05) is 11.6 Å². The molecular weight excluding hydrogens is 243 g/mol. The van der Waals surface area contributed by atoms with Crippen LogP contribution in [-0.2, 0) is 0 Å². The van der Waals surface area contributed by atoms with Crippen LogP contribution >= 0.6 is 11.6 Å². The first kappa shape index (κ1) is 12.6. The molecule has 0 spiro atoms. The summed E-state index contributed by atoms with van der Waals surface area (Å²) in [5.74, 6) is -0.465. The molecule has 1 aromatic rings. The number of aromatic nitrogens is 1. The molecule has 1 aromatic heterocycles. The maximum atomic E-state index is 13.3. The minimum atomic E-state index is -0.503. The zero-order valence-electron chi connectivity index (χ0n) is 9.83. The van der Waals surface area contributed by atoms with Crippen molar-refractivity contribution in [3.05, 3.63) is 23.1 Å². The van der Waals surface area contributed by atoms with Gasteiger partial charge in [-0.15, -0.1) is 0 Å². The largest absolute Gasteiger partial charge is 0.476 e. The Hall–Kier alpha value is -0.870. The zero-order chi connectivity index (χ0) is 12.3. The van der Waals surface area contributed by atoms with E-state index in [1.165, 1.54) is 25.1 Å². The first-order valence-corrected chi connectivity index (χ1v) is 6.18. The lowest BCUT2D eigenvalue weighted by Gasteiger charge is -2.19. The van der Waals surface area contributed by atoms with Gasteiger partial charge in [0.1, 0.15) is 0 Å². The quantitative estimate of drug-likeness (QED) is 0.830. The van der Waals surface area contributed by atoms with Gasteiger partial charge in [0.25, 0.3) is 0 Å². The summed E-state index contributed by atoms with van der Waals surface area (Å²) in [5.41, 5.74) is 0. The second-order valence-corrected chi connectivity index (χ2v) is 4.79. The van der Waals surface area contributed by atoms with Gasteiger partial charge in [-0.3, -0.25) is 0 Å². The number of nitrogens with zero attached hydrogens (tertiary/aromatic N) is 2. The minimum Gasteiger partial charge on any atom is -0.476 e. The molecule has 0 bridgehead atoms. The van der Waals surface area contributed by atoms with E-state index in [0.717, 1.165) is 13.0 Å². The summed E-state index contributed by atoms with van der Waals surface area (Å²) < 4.78 is 18.7. The molecule has 0 N–H and O–H groups in total. The number of hydrogen-bond donors (Lipinski definition) is 0. The number of rotatable bonds is 4. The molecule has 0 saturated carbocycles. The molecule has 3 nitrogen and oxygen atoms in total. The van der Waals surface area contributed by atoms with Crippen molar-refractivity contribution in [1.82, 2.24) is 9.88 Å². The summed E-state index contributed by atoms with van der Waals surface area (Å²) in [6, 6.07) is 1.76. The zero-order valence-corrected chi connectivity index (χ0v) is 10.6. The molecule has 1 atom stereocenters. The molecule has 1 aliphatic rings. The van der Waals surface area contributed by atoms with Crippen LogP contribution in [0.2, 0.25) is 5.02 Å². The van der Waals surface area contributed by atoms with E-state index < -0.39 is 5.82 Å². The molecule has 1 saturated heterocycles. The van der Waals surface area contributed by atoms with Crippen molar-refractivity contribution in [3.63, 3.8) is 0 Å². The number of pyridine rings is 1. The Morgan fingerprint density at radius 3 is 3.12 bits per heavy atom. The van der Waals surface area contributed by atoms with E-state index in [0.29, 0.717) is 12.6 Å². The highest BCUT2D eigenvalue weighted by molar-refractivity contribution is 6.30. The van der Waals surface area contributed by atoms with E-state index in [-0.39, 0.29) is 10.9 Å². The van der Waals surface area contributed by atoms with E-state index in [9.17, 15) is 4.39 Å². The van der Waals surface area contributed by atoms with Crippen LogP contribution in [0.3, 0.4) is 0 Å². The minimum absolute atomic E-state index is 0.0371. The van der Waals surface area contributed by atoms with Gasteiger partial charge in [0.15, 0.2) is 5.82 Å². The average Bonchev–Trinajstić information content (AvgIpc) is 2.68. The van der Waals surface area contributed by atoms with Crippen molar-refractivity contribution in [2.24, 2.45) is 0 Å². The van der Waals surface area contributed by atoms with Crippen LogP contribution in [0.5, 0.6) is 5.88 Å². The van der Waals surface area contributed by atoms with Gasteiger partial charge in [0, 0.05) is 12.2 Å². The average molecular weight is 259 g/mol. The first-order chi connectivity index (χ1) is 8.16. The molecule has 2 heterocycles. The molecule has 2 rings (SSSR count). The van der Waals surface area contributed by atoms with Crippen molar-refractivity contribution in [2.75, 3.05) is 20.2 Å². The third-order valence-electron chi connectivity index (χ3n) is 3.14. The van der Waals surface area contributed by atoms with Crippen molar-refractivity contribution in [1.29, 1.82) is 0 Å². The Balaban J connectivity index is 1.81. The fraction of sp³-hybridized carbons (Fsp3) is 0.583. The second-order valence-electron chi connectivity index (χ2n) is 4.35. The van der Waals surface area contributed by atoms with Gasteiger partial charge in [-0.2, -0.15) is 0 Å². The van der Waals surface area contributed by atoms with E-state index in [2.05, 4.69) is 16.9 Å². The van der Waals surface area contributed by atoms with Crippen LogP contribution in [0.15, 0.2) is 12.3 Å². The van der Waals surface area contributed by atoms with Crippen LogP contribution in [0.1, 0.15) is 19.3 Å². The number of halogens is 2. The molecule has 0 radical (unpaired) electrons. The molecule has 0 aromatic carbocycles. The molecule has 94 valence electrons. The summed E-state index contributed by atoms with van der Waals surface area (Å²) in [5, 5.41) is 0.283. The van der Waals surface area contributed by atoms with Gasteiger partial charge in [0.2, 0.25) is 5.88 Å². The number of hydrogen-bond acceptors (Lipinski definition) is 3. The smallest absolute Gasteiger partial charge is 0.250 e. The molecule has 1 fully saturated rings. The van der Waals surface area contributed by atoms with Crippen LogP contribution in [0.25, 0.3) is 0 Å². The monoisotopic (exact) mass is 258 g/mol. The summed E-state index contributed by atoms with van der Waals surface area (Å²) >= 11 is 5.61. The van der Waals surface area contributed by atoms with Crippen molar-refractivity contribution < 1.29 is 9.13 Å². The fourth-order valence-electron chi connectivity index (χ4n) is 2.14. The van der Waals surface area contributed by atoms with Crippen LogP contribution in [0.4, 0.5) is 4.39 Å². The maximum absolute atomic E-state index is 13.3. The predicted octanol–water partition coefficient (Wildman–Crippen LogP) is 2.74. The summed E-state index contributed by atoms with van der Waals surface area (Å²) in [6.45, 7) is 1.62. The molecule has 0 amide bonds. The first-order valence-electron chi connectivity index (χ1n) is 5.81. The van der Waals surface area contributed by atoms with Crippen molar-refractivity contribution >= 4 is 11.6 Å². The molecule has 17 heavy (non-hydrogen) atoms. The highest BCUT2D eigenvalue weighted by Gasteiger charge is 2.20. The Labute approximate surface area is 106 Å². The van der Waals surface area contributed by atoms with Crippen LogP contribution in [0, 0.1) is 5.82 Å². The van der Waals surface area contributed by atoms with Gasteiger partial charge in [0.05, 0.1) is 11.6 Å². The lowest BCUT2D eigenvalue weighted by molar-refractivity contribution is 0.222. The maximum Gasteiger partial charge on any atom is 0.250 e. The van der Waals surface area contributed by atoms with Gasteiger partial charge in [-0.05, 0) is 38.9 Å². The fourth-order valence-corrected chi connectivity index (χ4v) is 2.29.